The Labute approximate surface area is 109 Å². The maximum Gasteiger partial charge on any atom is 0.166 e. The second kappa shape index (κ2) is 6.31. The summed E-state index contributed by atoms with van der Waals surface area (Å²) in [6.45, 7) is 6.71. The molecule has 0 aliphatic heterocycles. The summed E-state index contributed by atoms with van der Waals surface area (Å²) in [5.41, 5.74) is 2.30. The van der Waals surface area contributed by atoms with Crippen LogP contribution in [0.1, 0.15) is 30.2 Å². The lowest BCUT2D eigenvalue weighted by atomic mass is 10.1. The summed E-state index contributed by atoms with van der Waals surface area (Å²) in [5.74, 6) is 0.589. The molecule has 1 unspecified atom stereocenters. The van der Waals surface area contributed by atoms with Crippen LogP contribution in [0.25, 0.3) is 0 Å². The Morgan fingerprint density at radius 3 is 2.56 bits per heavy atom. The Kier molecular flexibility index (Phi) is 5.05. The molecule has 1 rings (SSSR count). The van der Waals surface area contributed by atoms with Gasteiger partial charge in [0.25, 0.3) is 0 Å². The van der Waals surface area contributed by atoms with E-state index in [1.165, 1.54) is 0 Å². The van der Waals surface area contributed by atoms with Crippen molar-refractivity contribution in [2.24, 2.45) is 0 Å². The number of rotatable bonds is 5. The quantitative estimate of drug-likeness (QED) is 0.858. The first-order valence-electron chi connectivity index (χ1n) is 6.11. The van der Waals surface area contributed by atoms with Crippen molar-refractivity contribution < 1.29 is 0 Å². The number of hydrogen-bond donors (Lipinski definition) is 1. The van der Waals surface area contributed by atoms with Crippen LogP contribution >= 0.6 is 0 Å². The van der Waals surface area contributed by atoms with Gasteiger partial charge >= 0.3 is 0 Å². The van der Waals surface area contributed by atoms with Gasteiger partial charge in [0, 0.05) is 12.6 Å². The molecule has 5 nitrogen and oxygen atoms in total. The van der Waals surface area contributed by atoms with Gasteiger partial charge in [-0.3, -0.25) is 0 Å². The SMILES string of the molecule is Cc1nnc(NCCC(C)N(C)C)c(C#N)c1C. The second-order valence-corrected chi connectivity index (χ2v) is 4.77. The van der Waals surface area contributed by atoms with Gasteiger partial charge in [-0.1, -0.05) is 0 Å². The number of nitrogens with one attached hydrogen (secondary N) is 1. The predicted octanol–water partition coefficient (Wildman–Crippen LogP) is 1.72. The fourth-order valence-electron chi connectivity index (χ4n) is 1.53. The van der Waals surface area contributed by atoms with Gasteiger partial charge in [0.1, 0.15) is 11.6 Å². The molecule has 18 heavy (non-hydrogen) atoms. The topological polar surface area (TPSA) is 64.8 Å². The van der Waals surface area contributed by atoms with Crippen molar-refractivity contribution in [1.29, 1.82) is 5.26 Å². The lowest BCUT2D eigenvalue weighted by Gasteiger charge is -2.19. The molecule has 1 N–H and O–H groups in total. The van der Waals surface area contributed by atoms with Crippen LogP contribution in [0.15, 0.2) is 0 Å². The van der Waals surface area contributed by atoms with Crippen molar-refractivity contribution in [3.05, 3.63) is 16.8 Å². The first kappa shape index (κ1) is 14.4. The zero-order chi connectivity index (χ0) is 13.7. The van der Waals surface area contributed by atoms with E-state index in [0.29, 0.717) is 17.4 Å². The third-order valence-corrected chi connectivity index (χ3v) is 3.30. The van der Waals surface area contributed by atoms with E-state index in [2.05, 4.69) is 47.5 Å². The normalized spacial score (nSPS) is 12.3. The summed E-state index contributed by atoms with van der Waals surface area (Å²) in [6, 6.07) is 2.68. The van der Waals surface area contributed by atoms with Crippen molar-refractivity contribution in [3.63, 3.8) is 0 Å². The van der Waals surface area contributed by atoms with Crippen LogP contribution in [-0.2, 0) is 0 Å². The van der Waals surface area contributed by atoms with E-state index in [4.69, 9.17) is 5.26 Å². The zero-order valence-electron chi connectivity index (χ0n) is 11.8. The van der Waals surface area contributed by atoms with Crippen LogP contribution < -0.4 is 5.32 Å². The molecule has 1 heterocycles. The average Bonchev–Trinajstić information content (AvgIpc) is 2.33. The molecular formula is C13H21N5. The molecule has 0 fully saturated rings. The molecule has 0 saturated carbocycles. The molecule has 5 heteroatoms. The van der Waals surface area contributed by atoms with Gasteiger partial charge in [0.2, 0.25) is 0 Å². The third kappa shape index (κ3) is 3.41. The molecule has 0 spiro atoms. The van der Waals surface area contributed by atoms with E-state index in [0.717, 1.165) is 24.2 Å². The van der Waals surface area contributed by atoms with Gasteiger partial charge in [-0.25, -0.2) is 0 Å². The molecule has 0 bridgehead atoms. The van der Waals surface area contributed by atoms with Crippen LogP contribution in [0, 0.1) is 25.2 Å². The third-order valence-electron chi connectivity index (χ3n) is 3.30. The van der Waals surface area contributed by atoms with E-state index >= 15 is 0 Å². The average molecular weight is 247 g/mol. The standard InChI is InChI=1S/C13H21N5/c1-9(18(4)5)6-7-15-13-12(8-14)10(2)11(3)16-17-13/h9H,6-7H2,1-5H3,(H,15,17). The smallest absolute Gasteiger partial charge is 0.166 e. The van der Waals surface area contributed by atoms with Crippen LogP contribution in [0.4, 0.5) is 5.82 Å². The monoisotopic (exact) mass is 247 g/mol. The largest absolute Gasteiger partial charge is 0.367 e. The minimum Gasteiger partial charge on any atom is -0.367 e. The van der Waals surface area contributed by atoms with Crippen molar-refractivity contribution >= 4 is 5.82 Å². The molecule has 0 saturated heterocycles. The highest BCUT2D eigenvalue weighted by Crippen LogP contribution is 2.17. The van der Waals surface area contributed by atoms with Gasteiger partial charge < -0.3 is 10.2 Å². The summed E-state index contributed by atoms with van der Waals surface area (Å²) >= 11 is 0. The maximum absolute atomic E-state index is 9.15. The molecule has 0 amide bonds. The Balaban J connectivity index is 2.69. The summed E-state index contributed by atoms with van der Waals surface area (Å²) in [7, 11) is 4.11. The van der Waals surface area contributed by atoms with Crippen LogP contribution in [-0.4, -0.2) is 41.8 Å². The molecule has 0 aliphatic rings. The zero-order valence-corrected chi connectivity index (χ0v) is 11.8. The minimum atomic E-state index is 0.488. The van der Waals surface area contributed by atoms with Crippen LogP contribution in [0.3, 0.4) is 0 Å². The number of aryl methyl sites for hydroxylation is 1. The van der Waals surface area contributed by atoms with Gasteiger partial charge in [-0.2, -0.15) is 10.4 Å². The molecule has 0 radical (unpaired) electrons. The molecule has 98 valence electrons. The maximum atomic E-state index is 9.15. The molecule has 1 atom stereocenters. The first-order chi connectivity index (χ1) is 8.47. The van der Waals surface area contributed by atoms with Gasteiger partial charge in [0.05, 0.1) is 5.69 Å². The van der Waals surface area contributed by atoms with Crippen LogP contribution in [0.2, 0.25) is 0 Å². The Morgan fingerprint density at radius 2 is 2.00 bits per heavy atom. The second-order valence-electron chi connectivity index (χ2n) is 4.77. The lowest BCUT2D eigenvalue weighted by molar-refractivity contribution is 0.304. The minimum absolute atomic E-state index is 0.488. The van der Waals surface area contributed by atoms with E-state index in [9.17, 15) is 0 Å². The highest BCUT2D eigenvalue weighted by molar-refractivity contribution is 5.55. The first-order valence-corrected chi connectivity index (χ1v) is 6.11. The highest BCUT2D eigenvalue weighted by atomic mass is 15.2. The van der Waals surface area contributed by atoms with Gasteiger partial charge in [-0.05, 0) is 46.9 Å². The molecular weight excluding hydrogens is 226 g/mol. The summed E-state index contributed by atoms with van der Waals surface area (Å²) in [5, 5.41) is 20.5. The van der Waals surface area contributed by atoms with Gasteiger partial charge in [-0.15, -0.1) is 5.10 Å². The fourth-order valence-corrected chi connectivity index (χ4v) is 1.53. The highest BCUT2D eigenvalue weighted by Gasteiger charge is 2.11. The summed E-state index contributed by atoms with van der Waals surface area (Å²) in [4.78, 5) is 2.17. The van der Waals surface area contributed by atoms with Crippen molar-refractivity contribution in [3.8, 4) is 6.07 Å². The Hall–Kier alpha value is -1.67. The fraction of sp³-hybridized carbons (Fsp3) is 0.615. The molecule has 0 aromatic carbocycles. The number of nitrogens with zero attached hydrogens (tertiary/aromatic N) is 4. The summed E-state index contributed by atoms with van der Waals surface area (Å²) in [6.07, 6.45) is 0.993. The predicted molar refractivity (Wildman–Crippen MR) is 72.5 cm³/mol. The van der Waals surface area contributed by atoms with Crippen molar-refractivity contribution in [2.75, 3.05) is 26.0 Å². The molecule has 1 aromatic heterocycles. The Morgan fingerprint density at radius 1 is 1.33 bits per heavy atom. The van der Waals surface area contributed by atoms with E-state index in [1.54, 1.807) is 0 Å². The van der Waals surface area contributed by atoms with E-state index in [-0.39, 0.29) is 0 Å². The lowest BCUT2D eigenvalue weighted by Crippen LogP contribution is -2.27. The van der Waals surface area contributed by atoms with Gasteiger partial charge in [0.15, 0.2) is 5.82 Å². The molecule has 1 aromatic rings. The van der Waals surface area contributed by atoms with E-state index in [1.807, 2.05) is 13.8 Å². The number of nitriles is 1. The number of anilines is 1. The van der Waals surface area contributed by atoms with Crippen LogP contribution in [0.5, 0.6) is 0 Å². The van der Waals surface area contributed by atoms with Crippen molar-refractivity contribution in [2.45, 2.75) is 33.2 Å². The summed E-state index contributed by atoms with van der Waals surface area (Å²) < 4.78 is 0. The van der Waals surface area contributed by atoms with Crippen molar-refractivity contribution in [1.82, 2.24) is 15.1 Å². The van der Waals surface area contributed by atoms with E-state index < -0.39 is 0 Å². The number of hydrogen-bond acceptors (Lipinski definition) is 5. The molecule has 0 aliphatic carbocycles. The number of aromatic nitrogens is 2. The Bertz CT molecular complexity index is 447.